The zero-order valence-corrected chi connectivity index (χ0v) is 31.8. The van der Waals surface area contributed by atoms with Gasteiger partial charge in [0.1, 0.15) is 6.17 Å². The molecule has 268 valence electrons. The molecule has 0 aromatic carbocycles. The van der Waals surface area contributed by atoms with Crippen molar-refractivity contribution >= 4 is 0 Å². The molecule has 1 aliphatic heterocycles. The van der Waals surface area contributed by atoms with E-state index in [4.69, 9.17) is 0 Å². The summed E-state index contributed by atoms with van der Waals surface area (Å²) in [5.74, 6) is 0. The number of nitrogens with zero attached hydrogens (tertiary/aromatic N) is 2. The quantitative estimate of drug-likeness (QED) is 0.0630. The highest BCUT2D eigenvalue weighted by Gasteiger charge is 2.24. The molecule has 0 amide bonds. The van der Waals surface area contributed by atoms with Gasteiger partial charge in [0.05, 0.1) is 0 Å². The number of hydrogen-bond donors (Lipinski definition) is 0. The SMILES string of the molecule is CCCCCCCCCCCCCCCCCC1N(CCCCCCC)C=CN1CCCCCCCCCCCCCCCC. The molecule has 45 heavy (non-hydrogen) atoms. The van der Waals surface area contributed by atoms with Crippen LogP contribution in [0.5, 0.6) is 0 Å². The summed E-state index contributed by atoms with van der Waals surface area (Å²) in [5.41, 5.74) is 0. The summed E-state index contributed by atoms with van der Waals surface area (Å²) < 4.78 is 0. The highest BCUT2D eigenvalue weighted by molar-refractivity contribution is 4.97. The molecule has 0 N–H and O–H groups in total. The molecule has 0 saturated heterocycles. The maximum atomic E-state index is 2.72. The van der Waals surface area contributed by atoms with Gasteiger partial charge in [-0.1, -0.05) is 220 Å². The van der Waals surface area contributed by atoms with E-state index in [0.717, 1.165) is 0 Å². The van der Waals surface area contributed by atoms with E-state index in [0.29, 0.717) is 6.17 Å². The third kappa shape index (κ3) is 27.0. The van der Waals surface area contributed by atoms with Crippen LogP contribution in [0.4, 0.5) is 0 Å². The number of hydrogen-bond acceptors (Lipinski definition) is 2. The molecule has 1 atom stereocenters. The van der Waals surface area contributed by atoms with Crippen LogP contribution < -0.4 is 0 Å². The first-order valence-corrected chi connectivity index (χ1v) is 21.5. The average molecular weight is 631 g/mol. The fourth-order valence-corrected chi connectivity index (χ4v) is 7.42. The topological polar surface area (TPSA) is 6.48 Å². The van der Waals surface area contributed by atoms with Gasteiger partial charge in [0.25, 0.3) is 0 Å². The minimum atomic E-state index is 0.639. The van der Waals surface area contributed by atoms with E-state index in [1.54, 1.807) is 0 Å². The van der Waals surface area contributed by atoms with Crippen LogP contribution in [0.3, 0.4) is 0 Å². The van der Waals surface area contributed by atoms with Crippen LogP contribution in [0.1, 0.15) is 245 Å². The molecular formula is C43H86N2. The molecule has 2 heteroatoms. The van der Waals surface area contributed by atoms with Gasteiger partial charge in [-0.2, -0.15) is 0 Å². The standard InChI is InChI=1S/C43H86N2/c1-4-7-10-13-15-17-19-21-23-24-26-28-30-32-35-38-43-44(39-36-33-12-9-6-3)41-42-45(43)40-37-34-31-29-27-25-22-20-18-16-14-11-8-5-2/h41-43H,4-40H2,1-3H3. The Morgan fingerprint density at radius 1 is 0.289 bits per heavy atom. The lowest BCUT2D eigenvalue weighted by Crippen LogP contribution is -2.39. The lowest BCUT2D eigenvalue weighted by atomic mass is 10.0. The Kier molecular flexibility index (Phi) is 32.6. The van der Waals surface area contributed by atoms with Crippen molar-refractivity contribution in [2.45, 2.75) is 252 Å². The van der Waals surface area contributed by atoms with Crippen molar-refractivity contribution < 1.29 is 0 Å². The van der Waals surface area contributed by atoms with E-state index in [-0.39, 0.29) is 0 Å². The first-order chi connectivity index (χ1) is 22.3. The van der Waals surface area contributed by atoms with Crippen molar-refractivity contribution in [3.63, 3.8) is 0 Å². The summed E-state index contributed by atoms with van der Waals surface area (Å²) in [6.07, 6.45) is 55.9. The van der Waals surface area contributed by atoms with Crippen LogP contribution in [0.15, 0.2) is 12.4 Å². The summed E-state index contributed by atoms with van der Waals surface area (Å²) in [6, 6.07) is 0. The molecular weight excluding hydrogens is 544 g/mol. The lowest BCUT2D eigenvalue weighted by molar-refractivity contribution is 0.135. The van der Waals surface area contributed by atoms with Crippen molar-refractivity contribution in [2.75, 3.05) is 13.1 Å². The van der Waals surface area contributed by atoms with E-state index in [1.807, 2.05) is 0 Å². The Bertz CT molecular complexity index is 586. The minimum absolute atomic E-state index is 0.639. The molecule has 0 fully saturated rings. The maximum Gasteiger partial charge on any atom is 0.101 e. The van der Waals surface area contributed by atoms with E-state index >= 15 is 0 Å². The van der Waals surface area contributed by atoms with Crippen LogP contribution in [0, 0.1) is 0 Å². The lowest BCUT2D eigenvalue weighted by Gasteiger charge is -2.33. The minimum Gasteiger partial charge on any atom is -0.356 e. The second kappa shape index (κ2) is 34.7. The van der Waals surface area contributed by atoms with Crippen LogP contribution in [-0.4, -0.2) is 29.1 Å². The van der Waals surface area contributed by atoms with E-state index < -0.39 is 0 Å². The van der Waals surface area contributed by atoms with E-state index in [1.165, 1.54) is 238 Å². The van der Waals surface area contributed by atoms with Gasteiger partial charge in [-0.25, -0.2) is 0 Å². The Hall–Kier alpha value is -0.660. The molecule has 0 aromatic rings. The van der Waals surface area contributed by atoms with Crippen LogP contribution in [0.2, 0.25) is 0 Å². The molecule has 0 saturated carbocycles. The molecule has 1 unspecified atom stereocenters. The predicted octanol–water partition coefficient (Wildman–Crippen LogP) is 15.1. The monoisotopic (exact) mass is 631 g/mol. The molecule has 0 aromatic heterocycles. The van der Waals surface area contributed by atoms with Crippen molar-refractivity contribution in [1.82, 2.24) is 9.80 Å². The van der Waals surface area contributed by atoms with Crippen molar-refractivity contribution in [1.29, 1.82) is 0 Å². The Labute approximate surface area is 286 Å². The summed E-state index contributed by atoms with van der Waals surface area (Å²) in [4.78, 5) is 5.43. The third-order valence-electron chi connectivity index (χ3n) is 10.6. The summed E-state index contributed by atoms with van der Waals surface area (Å²) in [7, 11) is 0. The molecule has 0 radical (unpaired) electrons. The average Bonchev–Trinajstić information content (AvgIpc) is 3.43. The Morgan fingerprint density at radius 2 is 0.511 bits per heavy atom. The second-order valence-electron chi connectivity index (χ2n) is 15.0. The highest BCUT2D eigenvalue weighted by atomic mass is 15.4. The van der Waals surface area contributed by atoms with Crippen LogP contribution in [-0.2, 0) is 0 Å². The van der Waals surface area contributed by atoms with Crippen molar-refractivity contribution in [2.24, 2.45) is 0 Å². The Balaban J connectivity index is 2.12. The van der Waals surface area contributed by atoms with Crippen molar-refractivity contribution in [3.8, 4) is 0 Å². The van der Waals surface area contributed by atoms with Gasteiger partial charge in [0, 0.05) is 25.5 Å². The van der Waals surface area contributed by atoms with Gasteiger partial charge in [0.15, 0.2) is 0 Å². The van der Waals surface area contributed by atoms with Gasteiger partial charge >= 0.3 is 0 Å². The molecule has 1 aliphatic rings. The first-order valence-electron chi connectivity index (χ1n) is 21.5. The number of unbranched alkanes of at least 4 members (excludes halogenated alkanes) is 31. The van der Waals surface area contributed by atoms with Crippen LogP contribution >= 0.6 is 0 Å². The fraction of sp³-hybridized carbons (Fsp3) is 0.953. The van der Waals surface area contributed by atoms with Gasteiger partial charge in [-0.05, 0) is 25.7 Å². The van der Waals surface area contributed by atoms with Gasteiger partial charge in [0.2, 0.25) is 0 Å². The fourth-order valence-electron chi connectivity index (χ4n) is 7.42. The van der Waals surface area contributed by atoms with E-state index in [2.05, 4.69) is 43.0 Å². The molecule has 0 bridgehead atoms. The normalized spacial score (nSPS) is 14.8. The third-order valence-corrected chi connectivity index (χ3v) is 10.6. The highest BCUT2D eigenvalue weighted by Crippen LogP contribution is 2.24. The predicted molar refractivity (Wildman–Crippen MR) is 205 cm³/mol. The largest absolute Gasteiger partial charge is 0.356 e. The molecule has 0 spiro atoms. The summed E-state index contributed by atoms with van der Waals surface area (Å²) in [6.45, 7) is 9.48. The molecule has 1 rings (SSSR count). The van der Waals surface area contributed by atoms with Crippen LogP contribution in [0.25, 0.3) is 0 Å². The number of rotatable bonds is 37. The summed E-state index contributed by atoms with van der Waals surface area (Å²) in [5, 5.41) is 0. The molecule has 0 aliphatic carbocycles. The van der Waals surface area contributed by atoms with Crippen molar-refractivity contribution in [3.05, 3.63) is 12.4 Å². The molecule has 2 nitrogen and oxygen atoms in total. The smallest absolute Gasteiger partial charge is 0.101 e. The summed E-state index contributed by atoms with van der Waals surface area (Å²) >= 11 is 0. The molecule has 1 heterocycles. The maximum absolute atomic E-state index is 2.72. The second-order valence-corrected chi connectivity index (χ2v) is 15.0. The zero-order chi connectivity index (χ0) is 32.3. The van der Waals surface area contributed by atoms with Gasteiger partial charge in [-0.15, -0.1) is 0 Å². The first kappa shape index (κ1) is 42.4. The van der Waals surface area contributed by atoms with Gasteiger partial charge < -0.3 is 9.80 Å². The Morgan fingerprint density at radius 3 is 0.778 bits per heavy atom. The van der Waals surface area contributed by atoms with Gasteiger partial charge in [-0.3, -0.25) is 0 Å². The van der Waals surface area contributed by atoms with E-state index in [9.17, 15) is 0 Å². The zero-order valence-electron chi connectivity index (χ0n) is 31.8.